The molecule has 0 aliphatic carbocycles. The first kappa shape index (κ1) is 13.0. The van der Waals surface area contributed by atoms with E-state index in [0.29, 0.717) is 0 Å². The van der Waals surface area contributed by atoms with E-state index in [0.717, 1.165) is 17.0 Å². The normalized spacial score (nSPS) is 11.9. The summed E-state index contributed by atoms with van der Waals surface area (Å²) < 4.78 is 12.7. The predicted octanol–water partition coefficient (Wildman–Crippen LogP) is 4.54. The molecule has 0 saturated heterocycles. The molecule has 1 radical (unpaired) electrons. The molecule has 0 aliphatic heterocycles. The van der Waals surface area contributed by atoms with Crippen LogP contribution in [0, 0.1) is 5.92 Å². The van der Waals surface area contributed by atoms with E-state index in [1.165, 1.54) is 5.56 Å². The van der Waals surface area contributed by atoms with Crippen molar-refractivity contribution >= 4 is 6.08 Å². The van der Waals surface area contributed by atoms with Crippen LogP contribution in [0.3, 0.4) is 0 Å². The zero-order valence-corrected chi connectivity index (χ0v) is 10.6. The Morgan fingerprint density at radius 2 is 2.00 bits per heavy atom. The van der Waals surface area contributed by atoms with Crippen LogP contribution >= 0.6 is 0 Å². The van der Waals surface area contributed by atoms with Crippen LogP contribution in [0.5, 0.6) is 0 Å². The van der Waals surface area contributed by atoms with Crippen LogP contribution in [0.1, 0.15) is 44.4 Å². The van der Waals surface area contributed by atoms with Gasteiger partial charge in [0.2, 0.25) is 0 Å². The monoisotopic (exact) mass is 219 g/mol. The standard InChI is InChI=1S/C15H20F/c1-6-12-13(11(2)10-16)8-7-9-14(12)15(3,4)5/h6-9H,1,10H2,2-5H3. The van der Waals surface area contributed by atoms with Crippen molar-refractivity contribution in [2.24, 2.45) is 0 Å². The van der Waals surface area contributed by atoms with Crippen LogP contribution in [0.4, 0.5) is 4.39 Å². The second-order valence-electron chi connectivity index (χ2n) is 5.13. The molecule has 1 aromatic carbocycles. The smallest absolute Gasteiger partial charge is 0.0998 e. The van der Waals surface area contributed by atoms with E-state index in [2.05, 4.69) is 33.4 Å². The summed E-state index contributed by atoms with van der Waals surface area (Å²) in [5.74, 6) is 0.765. The average molecular weight is 219 g/mol. The molecular weight excluding hydrogens is 199 g/mol. The van der Waals surface area contributed by atoms with Gasteiger partial charge in [-0.15, -0.1) is 0 Å². The number of benzene rings is 1. The lowest BCUT2D eigenvalue weighted by Crippen LogP contribution is -2.15. The first-order chi connectivity index (χ1) is 7.41. The number of alkyl halides is 1. The summed E-state index contributed by atoms with van der Waals surface area (Å²) >= 11 is 0. The molecule has 1 heteroatoms. The topological polar surface area (TPSA) is 0 Å². The number of hydrogen-bond acceptors (Lipinski definition) is 0. The van der Waals surface area contributed by atoms with Gasteiger partial charge in [0.15, 0.2) is 0 Å². The first-order valence-corrected chi connectivity index (χ1v) is 5.56. The molecule has 0 unspecified atom stereocenters. The third-order valence-corrected chi connectivity index (χ3v) is 2.78. The van der Waals surface area contributed by atoms with E-state index >= 15 is 0 Å². The number of halogens is 1. The summed E-state index contributed by atoms with van der Waals surface area (Å²) in [6.45, 7) is 11.7. The van der Waals surface area contributed by atoms with Crippen LogP contribution in [0.15, 0.2) is 24.8 Å². The highest BCUT2D eigenvalue weighted by molar-refractivity contribution is 5.61. The molecule has 0 atom stereocenters. The number of hydrogen-bond donors (Lipinski definition) is 0. The van der Waals surface area contributed by atoms with Crippen molar-refractivity contribution in [1.82, 2.24) is 0 Å². The van der Waals surface area contributed by atoms with E-state index < -0.39 is 6.67 Å². The van der Waals surface area contributed by atoms with Crippen molar-refractivity contribution < 1.29 is 4.39 Å². The SMILES string of the molecule is C=Cc1c([C](C)CF)cccc1C(C)(C)C. The number of rotatable bonds is 3. The molecule has 87 valence electrons. The predicted molar refractivity (Wildman–Crippen MR) is 69.2 cm³/mol. The summed E-state index contributed by atoms with van der Waals surface area (Å²) in [6, 6.07) is 6.04. The van der Waals surface area contributed by atoms with Crippen LogP contribution in [-0.2, 0) is 5.41 Å². The highest BCUT2D eigenvalue weighted by atomic mass is 19.1. The molecule has 1 rings (SSSR count). The van der Waals surface area contributed by atoms with E-state index in [4.69, 9.17) is 0 Å². The zero-order valence-electron chi connectivity index (χ0n) is 10.6. The Morgan fingerprint density at radius 1 is 1.38 bits per heavy atom. The molecule has 0 nitrogen and oxygen atoms in total. The molecule has 0 saturated carbocycles. The van der Waals surface area contributed by atoms with Gasteiger partial charge in [0.1, 0.15) is 0 Å². The maximum atomic E-state index is 12.7. The maximum absolute atomic E-state index is 12.7. The Balaban J connectivity index is 3.38. The Kier molecular flexibility index (Phi) is 3.90. The molecular formula is C15H20F. The largest absolute Gasteiger partial charge is 0.250 e. The Labute approximate surface area is 98.2 Å². The Bertz CT molecular complexity index is 372. The Hall–Kier alpha value is -1.11. The summed E-state index contributed by atoms with van der Waals surface area (Å²) in [7, 11) is 0. The summed E-state index contributed by atoms with van der Waals surface area (Å²) in [5, 5.41) is 0. The van der Waals surface area contributed by atoms with Gasteiger partial charge in [0, 0.05) is 5.92 Å². The van der Waals surface area contributed by atoms with Gasteiger partial charge < -0.3 is 0 Å². The lowest BCUT2D eigenvalue weighted by atomic mass is 9.80. The highest BCUT2D eigenvalue weighted by Crippen LogP contribution is 2.31. The van der Waals surface area contributed by atoms with Crippen molar-refractivity contribution in [3.8, 4) is 0 Å². The minimum Gasteiger partial charge on any atom is -0.250 e. The summed E-state index contributed by atoms with van der Waals surface area (Å²) in [6.07, 6.45) is 1.83. The minimum atomic E-state index is -0.408. The van der Waals surface area contributed by atoms with Gasteiger partial charge in [-0.25, -0.2) is 0 Å². The Morgan fingerprint density at radius 3 is 2.44 bits per heavy atom. The molecule has 0 spiro atoms. The van der Waals surface area contributed by atoms with E-state index in [-0.39, 0.29) is 5.41 Å². The molecule has 0 fully saturated rings. The lowest BCUT2D eigenvalue weighted by molar-refractivity contribution is 0.515. The first-order valence-electron chi connectivity index (χ1n) is 5.56. The fraction of sp³-hybridized carbons (Fsp3) is 0.400. The van der Waals surface area contributed by atoms with Crippen LogP contribution in [0.2, 0.25) is 0 Å². The van der Waals surface area contributed by atoms with Crippen molar-refractivity contribution in [2.45, 2.75) is 33.1 Å². The van der Waals surface area contributed by atoms with Crippen LogP contribution < -0.4 is 0 Å². The zero-order chi connectivity index (χ0) is 12.3. The minimum absolute atomic E-state index is 0.0517. The molecule has 16 heavy (non-hydrogen) atoms. The van der Waals surface area contributed by atoms with E-state index in [9.17, 15) is 4.39 Å². The lowest BCUT2D eigenvalue weighted by Gasteiger charge is -2.24. The molecule has 0 aromatic heterocycles. The second kappa shape index (κ2) is 4.82. The fourth-order valence-electron chi connectivity index (χ4n) is 1.88. The van der Waals surface area contributed by atoms with Gasteiger partial charge in [-0.1, -0.05) is 58.5 Å². The summed E-state index contributed by atoms with van der Waals surface area (Å²) in [4.78, 5) is 0. The van der Waals surface area contributed by atoms with Gasteiger partial charge in [-0.05, 0) is 22.1 Å². The van der Waals surface area contributed by atoms with Crippen LogP contribution in [0.25, 0.3) is 6.08 Å². The summed E-state index contributed by atoms with van der Waals surface area (Å²) in [5.41, 5.74) is 3.30. The molecule has 0 aliphatic rings. The van der Waals surface area contributed by atoms with Crippen LogP contribution in [-0.4, -0.2) is 6.67 Å². The van der Waals surface area contributed by atoms with Crippen molar-refractivity contribution in [2.75, 3.05) is 6.67 Å². The van der Waals surface area contributed by atoms with Crippen molar-refractivity contribution in [3.05, 3.63) is 47.4 Å². The third kappa shape index (κ3) is 2.52. The average Bonchev–Trinajstić information content (AvgIpc) is 2.25. The van der Waals surface area contributed by atoms with E-state index in [1.54, 1.807) is 0 Å². The van der Waals surface area contributed by atoms with E-state index in [1.807, 2.05) is 25.1 Å². The third-order valence-electron chi connectivity index (χ3n) is 2.78. The van der Waals surface area contributed by atoms with Gasteiger partial charge >= 0.3 is 0 Å². The van der Waals surface area contributed by atoms with Crippen molar-refractivity contribution in [1.29, 1.82) is 0 Å². The maximum Gasteiger partial charge on any atom is 0.0998 e. The van der Waals surface area contributed by atoms with Gasteiger partial charge in [0.05, 0.1) is 6.67 Å². The highest BCUT2D eigenvalue weighted by Gasteiger charge is 2.20. The molecule has 1 aromatic rings. The van der Waals surface area contributed by atoms with Gasteiger partial charge in [0.25, 0.3) is 0 Å². The second-order valence-corrected chi connectivity index (χ2v) is 5.13. The van der Waals surface area contributed by atoms with Gasteiger partial charge in [-0.2, -0.15) is 0 Å². The molecule has 0 amide bonds. The molecule has 0 bridgehead atoms. The van der Waals surface area contributed by atoms with Gasteiger partial charge in [-0.3, -0.25) is 4.39 Å². The fourth-order valence-corrected chi connectivity index (χ4v) is 1.88. The molecule has 0 heterocycles. The van der Waals surface area contributed by atoms with Crippen molar-refractivity contribution in [3.63, 3.8) is 0 Å². The quantitative estimate of drug-likeness (QED) is 0.700. The molecule has 0 N–H and O–H groups in total.